The molecule has 1 aliphatic rings. The van der Waals surface area contributed by atoms with Crippen LogP contribution in [0.3, 0.4) is 0 Å². The molecule has 1 N–H and O–H groups in total. The van der Waals surface area contributed by atoms with Crippen molar-refractivity contribution < 1.29 is 8.81 Å². The van der Waals surface area contributed by atoms with Crippen molar-refractivity contribution in [3.63, 3.8) is 0 Å². The molecule has 0 amide bonds. The van der Waals surface area contributed by atoms with Crippen LogP contribution in [0, 0.1) is 12.7 Å². The van der Waals surface area contributed by atoms with Gasteiger partial charge in [0, 0.05) is 37.8 Å². The van der Waals surface area contributed by atoms with Gasteiger partial charge >= 0.3 is 0 Å². The number of piperazine rings is 1. The fraction of sp³-hybridized carbons (Fsp3) is 0.286. The van der Waals surface area contributed by atoms with Crippen LogP contribution in [0.15, 0.2) is 59.2 Å². The number of aryl methyl sites for hydroxylation is 1. The number of nitrogens with zero attached hydrogens (tertiary/aromatic N) is 2. The summed E-state index contributed by atoms with van der Waals surface area (Å²) in [4.78, 5) is 6.97. The molecule has 3 aromatic rings. The molecule has 4 nitrogen and oxygen atoms in total. The van der Waals surface area contributed by atoms with E-state index in [4.69, 9.17) is 4.42 Å². The highest BCUT2D eigenvalue weighted by atomic mass is 19.1. The third-order valence-electron chi connectivity index (χ3n) is 4.80. The predicted octanol–water partition coefficient (Wildman–Crippen LogP) is 3.94. The molecular formula is C21H22FN3O. The Morgan fingerprint density at radius 2 is 2.08 bits per heavy atom. The summed E-state index contributed by atoms with van der Waals surface area (Å²) in [7, 11) is 0. The SMILES string of the molecule is Cc1ccc(-c2nc(CN3CCNCC3c3cccc(F)c3)co2)cc1. The molecule has 0 saturated carbocycles. The Labute approximate surface area is 152 Å². The second-order valence-electron chi connectivity index (χ2n) is 6.76. The first-order valence-electron chi connectivity index (χ1n) is 8.91. The molecule has 134 valence electrons. The standard InChI is InChI=1S/C21H22FN3O/c1-15-5-7-16(8-6-15)21-24-19(14-26-21)13-25-10-9-23-12-20(25)17-3-2-4-18(22)11-17/h2-8,11,14,20,23H,9-10,12-13H2,1H3. The van der Waals surface area contributed by atoms with E-state index < -0.39 is 0 Å². The van der Waals surface area contributed by atoms with E-state index in [1.54, 1.807) is 18.4 Å². The van der Waals surface area contributed by atoms with Gasteiger partial charge in [0.05, 0.1) is 5.69 Å². The number of hydrogen-bond donors (Lipinski definition) is 1. The predicted molar refractivity (Wildman–Crippen MR) is 99.1 cm³/mol. The van der Waals surface area contributed by atoms with E-state index in [0.29, 0.717) is 12.4 Å². The molecule has 5 heteroatoms. The van der Waals surface area contributed by atoms with E-state index in [1.807, 2.05) is 18.2 Å². The third-order valence-corrected chi connectivity index (χ3v) is 4.80. The summed E-state index contributed by atoms with van der Waals surface area (Å²) in [5.41, 5.74) is 4.06. The van der Waals surface area contributed by atoms with E-state index in [1.165, 1.54) is 11.6 Å². The van der Waals surface area contributed by atoms with E-state index in [-0.39, 0.29) is 11.9 Å². The minimum absolute atomic E-state index is 0.124. The van der Waals surface area contributed by atoms with Crippen LogP contribution in [0.5, 0.6) is 0 Å². The van der Waals surface area contributed by atoms with Crippen LogP contribution < -0.4 is 5.32 Å². The maximum atomic E-state index is 13.6. The van der Waals surface area contributed by atoms with Gasteiger partial charge in [0.15, 0.2) is 0 Å². The molecule has 0 aliphatic carbocycles. The molecule has 1 aromatic heterocycles. The van der Waals surface area contributed by atoms with Crippen LogP contribution in [-0.4, -0.2) is 29.5 Å². The Balaban J connectivity index is 1.52. The average Bonchev–Trinajstić information content (AvgIpc) is 3.11. The van der Waals surface area contributed by atoms with E-state index >= 15 is 0 Å². The first-order valence-corrected chi connectivity index (χ1v) is 8.91. The lowest BCUT2D eigenvalue weighted by Gasteiger charge is -2.36. The van der Waals surface area contributed by atoms with Crippen molar-refractivity contribution in [2.45, 2.75) is 19.5 Å². The van der Waals surface area contributed by atoms with Crippen molar-refractivity contribution in [1.82, 2.24) is 15.2 Å². The van der Waals surface area contributed by atoms with E-state index in [9.17, 15) is 4.39 Å². The van der Waals surface area contributed by atoms with Crippen molar-refractivity contribution in [2.75, 3.05) is 19.6 Å². The molecule has 4 rings (SSSR count). The number of benzene rings is 2. The molecule has 1 unspecified atom stereocenters. The minimum atomic E-state index is -0.198. The monoisotopic (exact) mass is 351 g/mol. The van der Waals surface area contributed by atoms with E-state index in [0.717, 1.165) is 36.5 Å². The van der Waals surface area contributed by atoms with Crippen LogP contribution in [0.2, 0.25) is 0 Å². The zero-order valence-electron chi connectivity index (χ0n) is 14.8. The minimum Gasteiger partial charge on any atom is -0.444 e. The zero-order chi connectivity index (χ0) is 17.9. The molecule has 0 bridgehead atoms. The van der Waals surface area contributed by atoms with E-state index in [2.05, 4.69) is 34.3 Å². The number of nitrogens with one attached hydrogen (secondary N) is 1. The number of hydrogen-bond acceptors (Lipinski definition) is 4. The van der Waals surface area contributed by atoms with Crippen LogP contribution >= 0.6 is 0 Å². The molecule has 2 heterocycles. The normalized spacial score (nSPS) is 18.2. The summed E-state index contributed by atoms with van der Waals surface area (Å²) >= 11 is 0. The smallest absolute Gasteiger partial charge is 0.226 e. The fourth-order valence-electron chi connectivity index (χ4n) is 3.39. The largest absolute Gasteiger partial charge is 0.444 e. The molecule has 0 spiro atoms. The van der Waals surface area contributed by atoms with Gasteiger partial charge in [0.2, 0.25) is 5.89 Å². The molecule has 2 aromatic carbocycles. The van der Waals surface area contributed by atoms with Crippen molar-refractivity contribution in [3.05, 3.63) is 77.4 Å². The second kappa shape index (κ2) is 7.40. The van der Waals surface area contributed by atoms with Crippen LogP contribution in [0.4, 0.5) is 4.39 Å². The lowest BCUT2D eigenvalue weighted by atomic mass is 10.0. The van der Waals surface area contributed by atoms with Gasteiger partial charge in [-0.15, -0.1) is 0 Å². The summed E-state index contributed by atoms with van der Waals surface area (Å²) in [5, 5.41) is 3.40. The van der Waals surface area contributed by atoms with Crippen molar-refractivity contribution in [2.24, 2.45) is 0 Å². The zero-order valence-corrected chi connectivity index (χ0v) is 14.8. The first kappa shape index (κ1) is 16.9. The highest BCUT2D eigenvalue weighted by Crippen LogP contribution is 2.26. The molecule has 1 aliphatic heterocycles. The highest BCUT2D eigenvalue weighted by Gasteiger charge is 2.25. The summed E-state index contributed by atoms with van der Waals surface area (Å²) in [6, 6.07) is 15.1. The Bertz CT molecular complexity index is 875. The quantitative estimate of drug-likeness (QED) is 0.773. The van der Waals surface area contributed by atoms with Gasteiger partial charge in [-0.3, -0.25) is 4.90 Å². The van der Waals surface area contributed by atoms with Gasteiger partial charge < -0.3 is 9.73 Å². The summed E-state index contributed by atoms with van der Waals surface area (Å²) in [5.74, 6) is 0.438. The Morgan fingerprint density at radius 1 is 1.23 bits per heavy atom. The van der Waals surface area contributed by atoms with Crippen LogP contribution in [0.1, 0.15) is 22.9 Å². The number of rotatable bonds is 4. The number of oxazole rings is 1. The molecule has 26 heavy (non-hydrogen) atoms. The molecule has 1 atom stereocenters. The topological polar surface area (TPSA) is 41.3 Å². The maximum Gasteiger partial charge on any atom is 0.226 e. The number of aromatic nitrogens is 1. The third kappa shape index (κ3) is 3.69. The fourth-order valence-corrected chi connectivity index (χ4v) is 3.39. The summed E-state index contributed by atoms with van der Waals surface area (Å²) in [6.45, 7) is 5.33. The molecular weight excluding hydrogens is 329 g/mol. The number of halogens is 1. The van der Waals surface area contributed by atoms with Crippen LogP contribution in [-0.2, 0) is 6.54 Å². The van der Waals surface area contributed by atoms with Gasteiger partial charge in [-0.05, 0) is 36.8 Å². The molecule has 1 fully saturated rings. The Hall–Kier alpha value is -2.50. The van der Waals surface area contributed by atoms with Crippen molar-refractivity contribution >= 4 is 0 Å². The van der Waals surface area contributed by atoms with Crippen molar-refractivity contribution in [3.8, 4) is 11.5 Å². The average molecular weight is 351 g/mol. The lowest BCUT2D eigenvalue weighted by molar-refractivity contribution is 0.151. The Kier molecular flexibility index (Phi) is 4.82. The summed E-state index contributed by atoms with van der Waals surface area (Å²) in [6.07, 6.45) is 1.72. The summed E-state index contributed by atoms with van der Waals surface area (Å²) < 4.78 is 19.3. The molecule has 0 radical (unpaired) electrons. The Morgan fingerprint density at radius 3 is 2.88 bits per heavy atom. The van der Waals surface area contributed by atoms with Crippen LogP contribution in [0.25, 0.3) is 11.5 Å². The maximum absolute atomic E-state index is 13.6. The van der Waals surface area contributed by atoms with Gasteiger partial charge in [-0.2, -0.15) is 0 Å². The highest BCUT2D eigenvalue weighted by molar-refractivity contribution is 5.53. The van der Waals surface area contributed by atoms with Gasteiger partial charge in [-0.1, -0.05) is 29.8 Å². The lowest BCUT2D eigenvalue weighted by Crippen LogP contribution is -2.45. The van der Waals surface area contributed by atoms with Gasteiger partial charge in [0.25, 0.3) is 0 Å². The van der Waals surface area contributed by atoms with Gasteiger partial charge in [-0.25, -0.2) is 9.37 Å². The van der Waals surface area contributed by atoms with Crippen molar-refractivity contribution in [1.29, 1.82) is 0 Å². The molecule has 1 saturated heterocycles. The second-order valence-corrected chi connectivity index (χ2v) is 6.76. The van der Waals surface area contributed by atoms with Gasteiger partial charge in [0.1, 0.15) is 12.1 Å². The first-order chi connectivity index (χ1) is 12.7.